The highest BCUT2D eigenvalue weighted by atomic mass is 16.3. The molecule has 0 atom stereocenters. The average molecular weight is 384 g/mol. The lowest BCUT2D eigenvalue weighted by atomic mass is 10.1. The van der Waals surface area contributed by atoms with Crippen LogP contribution in [-0.4, -0.2) is 41.9 Å². The summed E-state index contributed by atoms with van der Waals surface area (Å²) in [5.74, 6) is 1.32. The summed E-state index contributed by atoms with van der Waals surface area (Å²) in [5, 5.41) is 26.4. The SMILES string of the molecule is CCn1cnc2c(NCc3cc(C)ccc3O)nc(NCCC(C)(C)O)nc21. The lowest BCUT2D eigenvalue weighted by Gasteiger charge is -2.17. The Morgan fingerprint density at radius 2 is 1.96 bits per heavy atom. The Hall–Kier alpha value is -2.87. The molecule has 0 saturated heterocycles. The van der Waals surface area contributed by atoms with Crippen LogP contribution in [0, 0.1) is 6.92 Å². The first-order chi connectivity index (χ1) is 13.3. The molecule has 2 heterocycles. The van der Waals surface area contributed by atoms with Crippen LogP contribution in [0.2, 0.25) is 0 Å². The molecule has 150 valence electrons. The standard InChI is InChI=1S/C20H28N6O2/c1-5-26-12-23-16-17(22-11-14-10-13(2)6-7-15(14)27)24-19(25-18(16)26)21-9-8-20(3,4)28/h6-7,10,12,27-28H,5,8-9,11H2,1-4H3,(H2,21,22,24,25). The summed E-state index contributed by atoms with van der Waals surface area (Å²) in [7, 11) is 0. The third kappa shape index (κ3) is 4.69. The number of phenols is 1. The third-order valence-electron chi connectivity index (χ3n) is 4.51. The van der Waals surface area contributed by atoms with Crippen LogP contribution in [-0.2, 0) is 13.1 Å². The number of aryl methyl sites for hydroxylation is 2. The summed E-state index contributed by atoms with van der Waals surface area (Å²) in [6.07, 6.45) is 2.32. The number of fused-ring (bicyclic) bond motifs is 1. The van der Waals surface area contributed by atoms with Gasteiger partial charge in [0.25, 0.3) is 0 Å². The van der Waals surface area contributed by atoms with Crippen molar-refractivity contribution in [2.45, 2.75) is 52.8 Å². The fourth-order valence-electron chi connectivity index (χ4n) is 2.89. The van der Waals surface area contributed by atoms with Crippen LogP contribution >= 0.6 is 0 Å². The zero-order valence-electron chi connectivity index (χ0n) is 16.8. The van der Waals surface area contributed by atoms with Crippen molar-refractivity contribution in [2.75, 3.05) is 17.2 Å². The quantitative estimate of drug-likeness (QED) is 0.473. The highest BCUT2D eigenvalue weighted by Crippen LogP contribution is 2.24. The molecule has 0 aliphatic carbocycles. The summed E-state index contributed by atoms with van der Waals surface area (Å²) in [6, 6.07) is 5.50. The molecule has 0 aliphatic heterocycles. The van der Waals surface area contributed by atoms with Gasteiger partial charge in [-0.2, -0.15) is 9.97 Å². The highest BCUT2D eigenvalue weighted by molar-refractivity contribution is 5.84. The molecule has 0 saturated carbocycles. The first-order valence-corrected chi connectivity index (χ1v) is 9.48. The van der Waals surface area contributed by atoms with Crippen LogP contribution in [0.3, 0.4) is 0 Å². The van der Waals surface area contributed by atoms with E-state index in [1.165, 1.54) is 0 Å². The Bertz CT molecular complexity index is 961. The number of rotatable bonds is 8. The van der Waals surface area contributed by atoms with Crippen molar-refractivity contribution in [2.24, 2.45) is 0 Å². The highest BCUT2D eigenvalue weighted by Gasteiger charge is 2.15. The summed E-state index contributed by atoms with van der Waals surface area (Å²) in [6.45, 7) is 9.27. The predicted octanol–water partition coefficient (Wildman–Crippen LogP) is 3.05. The van der Waals surface area contributed by atoms with E-state index in [0.717, 1.165) is 23.3 Å². The number of aliphatic hydroxyl groups is 1. The number of nitrogens with one attached hydrogen (secondary N) is 2. The molecule has 0 unspecified atom stereocenters. The number of anilines is 2. The molecule has 0 amide bonds. The molecule has 1 aromatic carbocycles. The number of aromatic hydroxyl groups is 1. The van der Waals surface area contributed by atoms with Gasteiger partial charge in [-0.25, -0.2) is 4.98 Å². The molecule has 2 aromatic heterocycles. The van der Waals surface area contributed by atoms with Crippen LogP contribution in [0.25, 0.3) is 11.2 Å². The maximum absolute atomic E-state index is 10.1. The van der Waals surface area contributed by atoms with Crippen LogP contribution in [0.15, 0.2) is 24.5 Å². The third-order valence-corrected chi connectivity index (χ3v) is 4.51. The van der Waals surface area contributed by atoms with Crippen LogP contribution in [0.4, 0.5) is 11.8 Å². The normalized spacial score (nSPS) is 11.8. The maximum Gasteiger partial charge on any atom is 0.226 e. The van der Waals surface area contributed by atoms with E-state index in [-0.39, 0.29) is 5.75 Å². The fraction of sp³-hybridized carbons (Fsp3) is 0.450. The van der Waals surface area contributed by atoms with Crippen molar-refractivity contribution in [1.29, 1.82) is 0 Å². The molecule has 0 spiro atoms. The van der Waals surface area contributed by atoms with Gasteiger partial charge in [0.05, 0.1) is 11.9 Å². The number of hydrogen-bond donors (Lipinski definition) is 4. The van der Waals surface area contributed by atoms with Crippen molar-refractivity contribution in [3.63, 3.8) is 0 Å². The first kappa shape index (κ1) is 19.9. The van der Waals surface area contributed by atoms with E-state index in [1.54, 1.807) is 26.2 Å². The van der Waals surface area contributed by atoms with Crippen LogP contribution in [0.5, 0.6) is 5.75 Å². The van der Waals surface area contributed by atoms with Gasteiger partial charge < -0.3 is 25.4 Å². The predicted molar refractivity (Wildman–Crippen MR) is 111 cm³/mol. The number of benzene rings is 1. The number of phenolic OH excluding ortho intramolecular Hbond substituents is 1. The van der Waals surface area contributed by atoms with Gasteiger partial charge >= 0.3 is 0 Å². The molecular formula is C20H28N6O2. The molecule has 8 nitrogen and oxygen atoms in total. The van der Waals surface area contributed by atoms with Crippen LogP contribution in [0.1, 0.15) is 38.3 Å². The first-order valence-electron chi connectivity index (χ1n) is 9.48. The molecule has 0 bridgehead atoms. The Morgan fingerprint density at radius 1 is 1.18 bits per heavy atom. The van der Waals surface area contributed by atoms with Gasteiger partial charge in [0, 0.05) is 25.2 Å². The summed E-state index contributed by atoms with van der Waals surface area (Å²) >= 11 is 0. The number of imidazole rings is 1. The molecular weight excluding hydrogens is 356 g/mol. The van der Waals surface area contributed by atoms with Gasteiger partial charge in [-0.3, -0.25) is 0 Å². The van der Waals surface area contributed by atoms with Gasteiger partial charge in [0.1, 0.15) is 5.75 Å². The van der Waals surface area contributed by atoms with Crippen molar-refractivity contribution in [3.8, 4) is 5.75 Å². The Morgan fingerprint density at radius 3 is 2.68 bits per heavy atom. The van der Waals surface area contributed by atoms with Crippen molar-refractivity contribution in [3.05, 3.63) is 35.7 Å². The molecule has 0 fully saturated rings. The second kappa shape index (κ2) is 8.02. The minimum Gasteiger partial charge on any atom is -0.508 e. The van der Waals surface area contributed by atoms with Gasteiger partial charge in [-0.15, -0.1) is 0 Å². The number of nitrogens with zero attached hydrogens (tertiary/aromatic N) is 4. The van der Waals surface area contributed by atoms with Gasteiger partial charge in [0.2, 0.25) is 5.95 Å². The molecule has 3 rings (SSSR count). The molecule has 3 aromatic rings. The zero-order chi connectivity index (χ0) is 20.3. The van der Waals surface area contributed by atoms with Crippen molar-refractivity contribution < 1.29 is 10.2 Å². The van der Waals surface area contributed by atoms with E-state index in [2.05, 4.69) is 25.6 Å². The van der Waals surface area contributed by atoms with E-state index in [9.17, 15) is 10.2 Å². The lowest BCUT2D eigenvalue weighted by molar-refractivity contribution is 0.0748. The minimum atomic E-state index is -0.758. The molecule has 0 aliphatic rings. The largest absolute Gasteiger partial charge is 0.508 e. The molecule has 4 N–H and O–H groups in total. The van der Waals surface area contributed by atoms with E-state index in [0.29, 0.717) is 36.8 Å². The van der Waals surface area contributed by atoms with E-state index in [1.807, 2.05) is 30.5 Å². The minimum absolute atomic E-state index is 0.242. The van der Waals surface area contributed by atoms with Crippen molar-refractivity contribution >= 4 is 22.9 Å². The maximum atomic E-state index is 10.1. The van der Waals surface area contributed by atoms with Gasteiger partial charge in [0.15, 0.2) is 17.0 Å². The smallest absolute Gasteiger partial charge is 0.226 e. The molecule has 8 heteroatoms. The monoisotopic (exact) mass is 384 g/mol. The van der Waals surface area contributed by atoms with E-state index >= 15 is 0 Å². The van der Waals surface area contributed by atoms with Crippen molar-refractivity contribution in [1.82, 2.24) is 19.5 Å². The molecule has 0 radical (unpaired) electrons. The van der Waals surface area contributed by atoms with E-state index in [4.69, 9.17) is 0 Å². The second-order valence-corrected chi connectivity index (χ2v) is 7.57. The molecule has 28 heavy (non-hydrogen) atoms. The Balaban J connectivity index is 1.86. The number of aromatic nitrogens is 4. The Kier molecular flexibility index (Phi) is 5.69. The summed E-state index contributed by atoms with van der Waals surface area (Å²) < 4.78 is 1.95. The van der Waals surface area contributed by atoms with E-state index < -0.39 is 5.60 Å². The van der Waals surface area contributed by atoms with Gasteiger partial charge in [-0.05, 0) is 40.2 Å². The fourth-order valence-corrected chi connectivity index (χ4v) is 2.89. The zero-order valence-corrected chi connectivity index (χ0v) is 16.8. The topological polar surface area (TPSA) is 108 Å². The number of hydrogen-bond acceptors (Lipinski definition) is 7. The Labute approximate surface area is 164 Å². The summed E-state index contributed by atoms with van der Waals surface area (Å²) in [5.41, 5.74) is 2.53. The van der Waals surface area contributed by atoms with Gasteiger partial charge in [-0.1, -0.05) is 17.7 Å². The second-order valence-electron chi connectivity index (χ2n) is 7.57. The van der Waals surface area contributed by atoms with Crippen LogP contribution < -0.4 is 10.6 Å². The summed E-state index contributed by atoms with van der Waals surface area (Å²) in [4.78, 5) is 13.6. The lowest BCUT2D eigenvalue weighted by Crippen LogP contribution is -2.23. The average Bonchev–Trinajstić information content (AvgIpc) is 3.04.